The van der Waals surface area contributed by atoms with E-state index in [0.29, 0.717) is 145 Å². The van der Waals surface area contributed by atoms with E-state index in [2.05, 4.69) is 39.5 Å². The van der Waals surface area contributed by atoms with Gasteiger partial charge < -0.3 is 85.3 Å². The van der Waals surface area contributed by atoms with E-state index < -0.39 is 71.6 Å². The second-order valence-corrected chi connectivity index (χ2v) is 31.3. The van der Waals surface area contributed by atoms with Gasteiger partial charge in [-0.1, -0.05) is 39.5 Å². The largest absolute Gasteiger partial charge is 0.494 e. The molecule has 0 aromatic heterocycles. The van der Waals surface area contributed by atoms with Gasteiger partial charge in [-0.2, -0.15) is 0 Å². The van der Waals surface area contributed by atoms with E-state index in [0.717, 1.165) is 36.5 Å². The number of hydrogen-bond donors (Lipinski definition) is 0. The molecule has 0 unspecified atom stereocenters. The molecule has 30 nitrogen and oxygen atoms in total. The van der Waals surface area contributed by atoms with Gasteiger partial charge in [0, 0.05) is 36.5 Å². The first kappa shape index (κ1) is 104. The first-order chi connectivity index (χ1) is 66.6. The third-order valence-electron chi connectivity index (χ3n) is 21.2. The average Bonchev–Trinajstić information content (AvgIpc) is 0.719. The third-order valence-corrected chi connectivity index (χ3v) is 21.2. The van der Waals surface area contributed by atoms with Crippen LogP contribution in [-0.4, -0.2) is 151 Å². The van der Waals surface area contributed by atoms with Crippen LogP contribution in [0.5, 0.6) is 69.0 Å². The highest BCUT2D eigenvalue weighted by molar-refractivity contribution is 6.27. The van der Waals surface area contributed by atoms with E-state index in [1.807, 2.05) is 0 Å². The predicted octanol–water partition coefficient (Wildman–Crippen LogP) is 19.6. The quantitative estimate of drug-likeness (QED) is 0.00853. The van der Waals surface area contributed by atoms with Gasteiger partial charge in [0.1, 0.15) is 34.5 Å². The molecule has 138 heavy (non-hydrogen) atoms. The number of rotatable bonds is 54. The van der Waals surface area contributed by atoms with Crippen LogP contribution < -0.4 is 56.8 Å². The minimum Gasteiger partial charge on any atom is -0.494 e. The van der Waals surface area contributed by atoms with Crippen molar-refractivity contribution in [2.24, 2.45) is 0 Å². The van der Waals surface area contributed by atoms with Crippen LogP contribution in [0, 0.1) is 41.5 Å². The number of carbonyl (C=O) groups excluding carboxylic acids is 12. The number of benzene rings is 10. The maximum atomic E-state index is 15.3. The Kier molecular flexibility index (Phi) is 39.5. The Labute approximate surface area is 797 Å². The average molecular weight is 1890 g/mol. The molecule has 0 spiro atoms. The number of unbranched alkanes of at least 4 members (excludes halogenated alkanes) is 6. The van der Waals surface area contributed by atoms with Crippen LogP contribution in [-0.2, 0) is 57.2 Å². The van der Waals surface area contributed by atoms with Crippen molar-refractivity contribution in [1.29, 1.82) is 0 Å². The molecular weight excluding hydrogens is 1780 g/mol. The highest BCUT2D eigenvalue weighted by atomic mass is 16.6. The molecule has 10 aromatic carbocycles. The van der Waals surface area contributed by atoms with E-state index in [9.17, 15) is 28.8 Å². The lowest BCUT2D eigenvalue weighted by Crippen LogP contribution is -2.15. The van der Waals surface area contributed by atoms with Gasteiger partial charge in [0.05, 0.1) is 113 Å². The Morgan fingerprint density at radius 3 is 0.449 bits per heavy atom. The fraction of sp³-hybridized carbons (Fsp3) is 0.278. The minimum absolute atomic E-state index is 0.0320. The summed E-state index contributed by atoms with van der Waals surface area (Å²) in [6.45, 7) is 32.5. The summed E-state index contributed by atoms with van der Waals surface area (Å²) in [6, 6.07) is 36.4. The molecule has 10 aromatic rings. The van der Waals surface area contributed by atoms with Crippen LogP contribution in [0.15, 0.2) is 222 Å². The molecule has 0 atom stereocenters. The van der Waals surface area contributed by atoms with Gasteiger partial charge in [0.25, 0.3) is 0 Å². The fourth-order valence-corrected chi connectivity index (χ4v) is 13.9. The maximum absolute atomic E-state index is 15.3. The summed E-state index contributed by atoms with van der Waals surface area (Å²) < 4.78 is 106. The molecule has 0 fully saturated rings. The van der Waals surface area contributed by atoms with Gasteiger partial charge >= 0.3 is 71.6 Å². The summed E-state index contributed by atoms with van der Waals surface area (Å²) in [5, 5.41) is 0.792. The van der Waals surface area contributed by atoms with Crippen molar-refractivity contribution in [3.8, 4) is 69.0 Å². The van der Waals surface area contributed by atoms with Gasteiger partial charge in [-0.05, 0) is 330 Å². The van der Waals surface area contributed by atoms with Gasteiger partial charge in [0.2, 0.25) is 0 Å². The summed E-state index contributed by atoms with van der Waals surface area (Å²) in [4.78, 5) is 162. The smallest absolute Gasteiger partial charge is 0.343 e. The second kappa shape index (κ2) is 52.5. The Morgan fingerprint density at radius 1 is 0.196 bits per heavy atom. The lowest BCUT2D eigenvalue weighted by molar-refractivity contribution is -0.138. The first-order valence-electron chi connectivity index (χ1n) is 44.6. The molecule has 0 heterocycles. The Hall–Kier alpha value is -16.1. The lowest BCUT2D eigenvalue weighted by Gasteiger charge is -2.20. The number of esters is 12. The molecular formula is C108H108O30. The van der Waals surface area contributed by atoms with Gasteiger partial charge in [-0.3, -0.25) is 0 Å². The van der Waals surface area contributed by atoms with E-state index >= 15 is 28.8 Å². The monoisotopic (exact) mass is 1880 g/mol. The van der Waals surface area contributed by atoms with E-state index in [-0.39, 0.29) is 179 Å². The van der Waals surface area contributed by atoms with Crippen molar-refractivity contribution >= 4 is 104 Å². The first-order valence-corrected chi connectivity index (χ1v) is 44.6. The third kappa shape index (κ3) is 30.4. The van der Waals surface area contributed by atoms with Crippen molar-refractivity contribution in [3.63, 3.8) is 0 Å². The zero-order chi connectivity index (χ0) is 99.2. The highest BCUT2D eigenvalue weighted by Gasteiger charge is 2.30. The molecule has 0 N–H and O–H groups in total. The number of carbonyl (C=O) groups is 12. The normalized spacial score (nSPS) is 10.7. The molecule has 30 heteroatoms. The molecule has 0 bridgehead atoms. The van der Waals surface area contributed by atoms with E-state index in [1.165, 1.54) is 72.8 Å². The minimum atomic E-state index is -0.959. The zero-order valence-corrected chi connectivity index (χ0v) is 77.8. The molecule has 0 saturated carbocycles. The van der Waals surface area contributed by atoms with Crippen molar-refractivity contribution in [3.05, 3.63) is 288 Å². The fourth-order valence-electron chi connectivity index (χ4n) is 13.9. The van der Waals surface area contributed by atoms with Gasteiger partial charge in [-0.15, -0.1) is 0 Å². The molecule has 0 saturated heterocycles. The molecule has 720 valence electrons. The Balaban J connectivity index is 1.18. The van der Waals surface area contributed by atoms with Crippen molar-refractivity contribution in [2.45, 2.75) is 119 Å². The van der Waals surface area contributed by atoms with Crippen molar-refractivity contribution < 1.29 is 143 Å². The molecule has 10 rings (SSSR count). The topological polar surface area (TPSA) is 371 Å². The van der Waals surface area contributed by atoms with Crippen LogP contribution >= 0.6 is 0 Å². The molecule has 0 amide bonds. The summed E-state index contributed by atoms with van der Waals surface area (Å²) in [5.74, 6) is -9.05. The van der Waals surface area contributed by atoms with Gasteiger partial charge in [0.15, 0.2) is 34.5 Å². The Bertz CT molecular complexity index is 5260. The molecule has 0 aliphatic rings. The second-order valence-electron chi connectivity index (χ2n) is 31.3. The van der Waals surface area contributed by atoms with Crippen LogP contribution in [0.25, 0.3) is 32.3 Å². The van der Waals surface area contributed by atoms with Crippen LogP contribution in [0.2, 0.25) is 0 Å². The SMILES string of the molecule is C=CC(=O)OCCCCOc1ccc(C(=O)Oc2cc3c4cc(OC(=O)c5ccc(OCCCCOC(=O)C=C)cc5C)c(OC(=O)c5ccc(OCCCCOC(=O)C=C)cc5C)cc4c4cc(OC(=O)c5ccc(OCCCCOC(=O)C=C)cc5C)c(OC(=O)c5ccc(OCCCCOC(=O)C=C)cc5C)cc4c3cc2OC(=O)c2ccc(OCCCCOC(=O)C=C)cc2C)c(C)c1. The van der Waals surface area contributed by atoms with E-state index in [4.69, 9.17) is 85.3 Å². The van der Waals surface area contributed by atoms with Crippen molar-refractivity contribution in [2.75, 3.05) is 79.3 Å². The van der Waals surface area contributed by atoms with E-state index in [1.54, 1.807) is 114 Å². The zero-order valence-electron chi connectivity index (χ0n) is 77.8. The summed E-state index contributed by atoms with van der Waals surface area (Å²) in [7, 11) is 0. The van der Waals surface area contributed by atoms with Crippen molar-refractivity contribution in [1.82, 2.24) is 0 Å². The summed E-state index contributed by atoms with van der Waals surface area (Å²) >= 11 is 0. The van der Waals surface area contributed by atoms with Crippen LogP contribution in [0.4, 0.5) is 0 Å². The number of aryl methyl sites for hydroxylation is 6. The number of fused-ring (bicyclic) bond motifs is 6. The number of ether oxygens (including phenoxy) is 18. The molecule has 0 aliphatic heterocycles. The highest BCUT2D eigenvalue weighted by Crippen LogP contribution is 2.49. The predicted molar refractivity (Wildman–Crippen MR) is 511 cm³/mol. The van der Waals surface area contributed by atoms with Gasteiger partial charge in [-0.25, -0.2) is 57.5 Å². The Morgan fingerprint density at radius 2 is 0.326 bits per heavy atom. The maximum Gasteiger partial charge on any atom is 0.343 e. The standard InChI is InChI=1S/C108H108O30/c1-13-97(109)127-49-25-19-43-121-73-31-37-79(67(7)55-73)103(115)133-91-61-85-86(62-92(91)134-104(116)80-38-32-74(56-68(80)8)122-44-20-26-50-128-98(110)14-2)88-64-94(136-106(118)82-40-34-76(58-70(82)10)124-46-22-28-52-130-100(112)16-4)96(138-108(120)84-42-36-78(60-72(84)12)126-48-24-30-54-132-102(114)18-6)66-90(88)89-65-95(137-107(119)83-41-35-77(59-71(83)11)125-47-23-29-53-131-101(113)17-5)93(63-87(85)89)135-105(117)81-39-33-75(57-69(81)9)123-45-21-27-51-129-99(111)15-3/h13-18,31-42,55-66H,1-6,19-30,43-54H2,7-12H3. The summed E-state index contributed by atoms with van der Waals surface area (Å²) in [6.07, 6.45) is 12.2. The van der Waals surface area contributed by atoms with Crippen LogP contribution in [0.1, 0.15) is 173 Å². The van der Waals surface area contributed by atoms with Crippen LogP contribution in [0.3, 0.4) is 0 Å². The number of hydrogen-bond acceptors (Lipinski definition) is 30. The lowest BCUT2D eigenvalue weighted by atomic mass is 9.93. The summed E-state index contributed by atoms with van der Waals surface area (Å²) in [5.41, 5.74) is 2.51. The molecule has 0 radical (unpaired) electrons. The molecule has 0 aliphatic carbocycles.